The largest absolute Gasteiger partial charge is 0.379 e. The topological polar surface area (TPSA) is 52.7 Å². The summed E-state index contributed by atoms with van der Waals surface area (Å²) in [5, 5.41) is 0.778. The molecule has 1 aromatic heterocycles. The Morgan fingerprint density at radius 2 is 2.00 bits per heavy atom. The van der Waals surface area contributed by atoms with Gasteiger partial charge in [-0.1, -0.05) is 29.8 Å². The van der Waals surface area contributed by atoms with Crippen LogP contribution >= 0.6 is 11.6 Å². The molecule has 0 aliphatic carbocycles. The second-order valence-corrected chi connectivity index (χ2v) is 8.30. The molecule has 29 heavy (non-hydrogen) atoms. The maximum absolute atomic E-state index is 6.08. The lowest BCUT2D eigenvalue weighted by Crippen LogP contribution is -2.42. The van der Waals surface area contributed by atoms with E-state index < -0.39 is 0 Å². The molecule has 0 saturated carbocycles. The van der Waals surface area contributed by atoms with Crippen LogP contribution in [0.5, 0.6) is 0 Å². The van der Waals surface area contributed by atoms with Gasteiger partial charge in [-0.3, -0.25) is 20.2 Å². The number of hydrogen-bond acceptors (Lipinski definition) is 6. The van der Waals surface area contributed by atoms with E-state index in [0.29, 0.717) is 5.92 Å². The molecule has 2 unspecified atom stereocenters. The molecule has 0 radical (unpaired) electrons. The van der Waals surface area contributed by atoms with Crippen molar-refractivity contribution in [2.45, 2.75) is 12.6 Å². The fourth-order valence-electron chi connectivity index (χ4n) is 4.16. The molecule has 0 bridgehead atoms. The predicted molar refractivity (Wildman–Crippen MR) is 116 cm³/mol. The molecule has 156 valence electrons. The van der Waals surface area contributed by atoms with Crippen LogP contribution < -0.4 is 10.9 Å². The smallest absolute Gasteiger partial charge is 0.0594 e. The maximum atomic E-state index is 6.08. The number of halogens is 1. The number of nitrogens with zero attached hydrogens (tertiary/aromatic N) is 3. The van der Waals surface area contributed by atoms with Crippen molar-refractivity contribution >= 4 is 11.6 Å². The summed E-state index contributed by atoms with van der Waals surface area (Å²) in [5.41, 5.74) is 9.36. The molecule has 2 N–H and O–H groups in total. The van der Waals surface area contributed by atoms with E-state index in [9.17, 15) is 0 Å². The van der Waals surface area contributed by atoms with E-state index >= 15 is 0 Å². The van der Waals surface area contributed by atoms with Gasteiger partial charge in [-0.25, -0.2) is 5.43 Å². The van der Waals surface area contributed by atoms with Crippen molar-refractivity contribution in [3.8, 4) is 0 Å². The molecule has 2 fully saturated rings. The van der Waals surface area contributed by atoms with E-state index in [1.165, 1.54) is 11.1 Å². The average molecular weight is 416 g/mol. The fourth-order valence-corrected chi connectivity index (χ4v) is 4.28. The number of rotatable bonds is 8. The van der Waals surface area contributed by atoms with Gasteiger partial charge in [0, 0.05) is 69.1 Å². The number of hydrazine groups is 1. The standard InChI is InChI=1S/C22H30ClN5O/c23-21-5-3-19(4-6-21)22-20(15-25-26-22)17-28(16-18-2-1-7-24-14-18)9-8-27-10-12-29-13-11-27/h1-7,14,20,22,25-26H,8-13,15-17H2. The van der Waals surface area contributed by atoms with Gasteiger partial charge in [0.05, 0.1) is 19.3 Å². The summed E-state index contributed by atoms with van der Waals surface area (Å²) in [7, 11) is 0. The van der Waals surface area contributed by atoms with Gasteiger partial charge in [0.15, 0.2) is 0 Å². The minimum Gasteiger partial charge on any atom is -0.379 e. The van der Waals surface area contributed by atoms with Crippen LogP contribution in [0.1, 0.15) is 17.2 Å². The molecule has 6 nitrogen and oxygen atoms in total. The van der Waals surface area contributed by atoms with Crippen LogP contribution in [0.15, 0.2) is 48.8 Å². The predicted octanol–water partition coefficient (Wildman–Crippen LogP) is 2.33. The first-order chi connectivity index (χ1) is 14.3. The van der Waals surface area contributed by atoms with Gasteiger partial charge in [-0.2, -0.15) is 0 Å². The van der Waals surface area contributed by atoms with Gasteiger partial charge < -0.3 is 4.74 Å². The van der Waals surface area contributed by atoms with Crippen LogP contribution in [0.2, 0.25) is 5.02 Å². The van der Waals surface area contributed by atoms with E-state index in [-0.39, 0.29) is 6.04 Å². The molecule has 2 aliphatic rings. The van der Waals surface area contributed by atoms with E-state index in [1.54, 1.807) is 0 Å². The summed E-state index contributed by atoms with van der Waals surface area (Å²) in [4.78, 5) is 9.37. The fraction of sp³-hybridized carbons (Fsp3) is 0.500. The Morgan fingerprint density at radius 3 is 2.76 bits per heavy atom. The number of ether oxygens (including phenoxy) is 1. The Hall–Kier alpha value is -1.54. The molecule has 2 aliphatic heterocycles. The van der Waals surface area contributed by atoms with E-state index in [2.05, 4.69) is 43.8 Å². The molecular weight excluding hydrogens is 386 g/mol. The van der Waals surface area contributed by atoms with Gasteiger partial charge in [0.2, 0.25) is 0 Å². The van der Waals surface area contributed by atoms with E-state index in [4.69, 9.17) is 16.3 Å². The molecule has 3 heterocycles. The number of nitrogens with one attached hydrogen (secondary N) is 2. The van der Waals surface area contributed by atoms with Gasteiger partial charge in [-0.15, -0.1) is 0 Å². The van der Waals surface area contributed by atoms with Crippen molar-refractivity contribution in [1.82, 2.24) is 25.6 Å². The van der Waals surface area contributed by atoms with Crippen molar-refractivity contribution in [3.05, 3.63) is 64.9 Å². The van der Waals surface area contributed by atoms with Crippen molar-refractivity contribution in [2.24, 2.45) is 5.92 Å². The minimum absolute atomic E-state index is 0.284. The Morgan fingerprint density at radius 1 is 1.17 bits per heavy atom. The molecule has 0 spiro atoms. The molecule has 7 heteroatoms. The second kappa shape index (κ2) is 10.5. The first-order valence-corrected chi connectivity index (χ1v) is 10.8. The minimum atomic E-state index is 0.284. The molecule has 1 aromatic carbocycles. The SMILES string of the molecule is Clc1ccc(C2NNCC2CN(CCN2CCOCC2)Cc2cccnc2)cc1. The summed E-state index contributed by atoms with van der Waals surface area (Å²) in [6.07, 6.45) is 3.81. The quantitative estimate of drug-likeness (QED) is 0.690. The van der Waals surface area contributed by atoms with Crippen molar-refractivity contribution < 1.29 is 4.74 Å². The molecule has 2 aromatic rings. The van der Waals surface area contributed by atoms with E-state index in [0.717, 1.165) is 64.0 Å². The Balaban J connectivity index is 1.42. The monoisotopic (exact) mass is 415 g/mol. The van der Waals surface area contributed by atoms with Crippen LogP contribution in [0.4, 0.5) is 0 Å². The third-order valence-corrected chi connectivity index (χ3v) is 6.03. The van der Waals surface area contributed by atoms with Crippen molar-refractivity contribution in [2.75, 3.05) is 52.5 Å². The Labute approximate surface area is 178 Å². The highest BCUT2D eigenvalue weighted by Crippen LogP contribution is 2.27. The highest BCUT2D eigenvalue weighted by atomic mass is 35.5. The zero-order chi connectivity index (χ0) is 19.9. The van der Waals surface area contributed by atoms with Gasteiger partial charge in [-0.05, 0) is 29.3 Å². The number of aromatic nitrogens is 1. The summed E-state index contributed by atoms with van der Waals surface area (Å²) in [6, 6.07) is 12.7. The van der Waals surface area contributed by atoms with Crippen LogP contribution in [0, 0.1) is 5.92 Å². The highest BCUT2D eigenvalue weighted by Gasteiger charge is 2.30. The van der Waals surface area contributed by atoms with Crippen molar-refractivity contribution in [3.63, 3.8) is 0 Å². The first-order valence-electron chi connectivity index (χ1n) is 10.4. The summed E-state index contributed by atoms with van der Waals surface area (Å²) < 4.78 is 5.49. The van der Waals surface area contributed by atoms with Crippen LogP contribution in [-0.2, 0) is 11.3 Å². The average Bonchev–Trinajstić information content (AvgIpc) is 3.22. The second-order valence-electron chi connectivity index (χ2n) is 7.86. The first kappa shape index (κ1) is 20.7. The maximum Gasteiger partial charge on any atom is 0.0594 e. The molecule has 0 amide bonds. The van der Waals surface area contributed by atoms with Crippen LogP contribution in [-0.4, -0.2) is 67.3 Å². The Bertz CT molecular complexity index is 739. The molecular formula is C22H30ClN5O. The Kier molecular flexibility index (Phi) is 7.49. The zero-order valence-corrected chi connectivity index (χ0v) is 17.5. The lowest BCUT2D eigenvalue weighted by Gasteiger charge is -2.32. The summed E-state index contributed by atoms with van der Waals surface area (Å²) >= 11 is 6.08. The van der Waals surface area contributed by atoms with Gasteiger partial charge in [0.25, 0.3) is 0 Å². The van der Waals surface area contributed by atoms with Crippen molar-refractivity contribution in [1.29, 1.82) is 0 Å². The summed E-state index contributed by atoms with van der Waals surface area (Å²) in [6.45, 7) is 8.75. The third kappa shape index (κ3) is 5.98. The van der Waals surface area contributed by atoms with Crippen LogP contribution in [0.3, 0.4) is 0 Å². The van der Waals surface area contributed by atoms with Crippen LogP contribution in [0.25, 0.3) is 0 Å². The van der Waals surface area contributed by atoms with E-state index in [1.807, 2.05) is 30.6 Å². The molecule has 4 rings (SSSR count). The summed E-state index contributed by atoms with van der Waals surface area (Å²) in [5.74, 6) is 0.484. The number of hydrogen-bond donors (Lipinski definition) is 2. The van der Waals surface area contributed by atoms with Gasteiger partial charge in [0.1, 0.15) is 0 Å². The zero-order valence-electron chi connectivity index (χ0n) is 16.8. The lowest BCUT2D eigenvalue weighted by atomic mass is 9.94. The number of pyridine rings is 1. The van der Waals surface area contributed by atoms with Gasteiger partial charge >= 0.3 is 0 Å². The number of benzene rings is 1. The molecule has 2 atom stereocenters. The lowest BCUT2D eigenvalue weighted by molar-refractivity contribution is 0.0320. The normalized spacial score (nSPS) is 23.0. The third-order valence-electron chi connectivity index (χ3n) is 5.78. The molecule has 2 saturated heterocycles. The number of morpholine rings is 1. The highest BCUT2D eigenvalue weighted by molar-refractivity contribution is 6.30.